The molecule has 1 unspecified atom stereocenters. The smallest absolute Gasteiger partial charge is 0.223 e. The number of nitrogens with zero attached hydrogens (tertiary/aromatic N) is 3. The number of nitrogen functional groups attached to an aromatic ring is 1. The first-order valence-electron chi connectivity index (χ1n) is 4.59. The van der Waals surface area contributed by atoms with Gasteiger partial charge >= 0.3 is 0 Å². The van der Waals surface area contributed by atoms with E-state index in [1.54, 1.807) is 24.8 Å². The lowest BCUT2D eigenvalue weighted by atomic mass is 10.3. The Bertz CT molecular complexity index is 407. The van der Waals surface area contributed by atoms with Crippen molar-refractivity contribution in [3.8, 4) is 0 Å². The third kappa shape index (κ3) is 2.22. The number of aromatic nitrogens is 4. The Hall–Kier alpha value is -2.11. The second kappa shape index (κ2) is 3.95. The highest BCUT2D eigenvalue weighted by Gasteiger charge is 2.08. The molecule has 0 aliphatic heterocycles. The highest BCUT2D eigenvalue weighted by Crippen LogP contribution is 2.12. The zero-order valence-electron chi connectivity index (χ0n) is 8.31. The van der Waals surface area contributed by atoms with Crippen LogP contribution in [0.1, 0.15) is 18.8 Å². The highest BCUT2D eigenvalue weighted by molar-refractivity contribution is 5.36. The summed E-state index contributed by atoms with van der Waals surface area (Å²) < 4.78 is 0. The van der Waals surface area contributed by atoms with Crippen molar-refractivity contribution in [1.29, 1.82) is 0 Å². The molecule has 2 aromatic rings. The van der Waals surface area contributed by atoms with Gasteiger partial charge in [0.2, 0.25) is 5.95 Å². The number of nitrogens with two attached hydrogens (primary N) is 1. The van der Waals surface area contributed by atoms with E-state index in [0.29, 0.717) is 11.6 Å². The summed E-state index contributed by atoms with van der Waals surface area (Å²) in [4.78, 5) is 15.2. The summed E-state index contributed by atoms with van der Waals surface area (Å²) in [6.07, 6.45) is 6.60. The van der Waals surface area contributed by atoms with Crippen LogP contribution in [0.4, 0.5) is 11.6 Å². The standard InChI is InChI=1S/C9H12N6/c1-6(8-11-2-3-12-8)15-9-13-4-7(10)5-14-9/h2-6H,10H2,1H3,(H,11,12)(H,13,14,15). The Morgan fingerprint density at radius 2 is 2.07 bits per heavy atom. The molecular formula is C9H12N6. The van der Waals surface area contributed by atoms with Gasteiger partial charge in [0.15, 0.2) is 0 Å². The van der Waals surface area contributed by atoms with Gasteiger partial charge in [0.25, 0.3) is 0 Å². The van der Waals surface area contributed by atoms with E-state index in [1.807, 2.05) is 6.92 Å². The van der Waals surface area contributed by atoms with Crippen molar-refractivity contribution < 1.29 is 0 Å². The molecule has 6 nitrogen and oxygen atoms in total. The zero-order valence-corrected chi connectivity index (χ0v) is 8.31. The third-order valence-electron chi connectivity index (χ3n) is 1.95. The summed E-state index contributed by atoms with van der Waals surface area (Å²) in [5, 5.41) is 3.10. The number of nitrogens with one attached hydrogen (secondary N) is 2. The van der Waals surface area contributed by atoms with Crippen LogP contribution in [0.3, 0.4) is 0 Å². The van der Waals surface area contributed by atoms with Gasteiger partial charge in [-0.15, -0.1) is 0 Å². The molecule has 78 valence electrons. The van der Waals surface area contributed by atoms with Crippen LogP contribution in [0, 0.1) is 0 Å². The number of rotatable bonds is 3. The van der Waals surface area contributed by atoms with E-state index in [0.717, 1.165) is 5.82 Å². The maximum Gasteiger partial charge on any atom is 0.223 e. The zero-order chi connectivity index (χ0) is 10.7. The van der Waals surface area contributed by atoms with E-state index in [1.165, 1.54) is 0 Å². The molecule has 0 radical (unpaired) electrons. The van der Waals surface area contributed by atoms with E-state index in [4.69, 9.17) is 5.73 Å². The van der Waals surface area contributed by atoms with Gasteiger partial charge in [0.1, 0.15) is 5.82 Å². The summed E-state index contributed by atoms with van der Waals surface area (Å²) >= 11 is 0. The van der Waals surface area contributed by atoms with E-state index < -0.39 is 0 Å². The van der Waals surface area contributed by atoms with Gasteiger partial charge in [0.05, 0.1) is 24.1 Å². The first kappa shape index (κ1) is 9.45. The lowest BCUT2D eigenvalue weighted by Crippen LogP contribution is -2.10. The predicted octanol–water partition coefficient (Wildman–Crippen LogP) is 0.955. The SMILES string of the molecule is CC(Nc1ncc(N)cn1)c1ncc[nH]1. The number of aromatic amines is 1. The van der Waals surface area contributed by atoms with Crippen molar-refractivity contribution >= 4 is 11.6 Å². The molecular weight excluding hydrogens is 192 g/mol. The normalized spacial score (nSPS) is 12.3. The minimum atomic E-state index is 0.0311. The lowest BCUT2D eigenvalue weighted by Gasteiger charge is -2.10. The average Bonchev–Trinajstić information content (AvgIpc) is 2.74. The van der Waals surface area contributed by atoms with E-state index in [-0.39, 0.29) is 6.04 Å². The maximum atomic E-state index is 5.48. The summed E-state index contributed by atoms with van der Waals surface area (Å²) in [5.41, 5.74) is 6.03. The van der Waals surface area contributed by atoms with E-state index in [2.05, 4.69) is 25.3 Å². The van der Waals surface area contributed by atoms with E-state index in [9.17, 15) is 0 Å². The third-order valence-corrected chi connectivity index (χ3v) is 1.95. The molecule has 0 bridgehead atoms. The Morgan fingerprint density at radius 3 is 2.67 bits per heavy atom. The topological polar surface area (TPSA) is 92.5 Å². The number of H-pyrrole nitrogens is 1. The average molecular weight is 204 g/mol. The molecule has 2 rings (SSSR count). The first-order valence-corrected chi connectivity index (χ1v) is 4.59. The second-order valence-corrected chi connectivity index (χ2v) is 3.18. The minimum absolute atomic E-state index is 0.0311. The van der Waals surface area contributed by atoms with Crippen molar-refractivity contribution in [2.24, 2.45) is 0 Å². The van der Waals surface area contributed by atoms with Crippen LogP contribution < -0.4 is 11.1 Å². The van der Waals surface area contributed by atoms with Crippen molar-refractivity contribution in [2.45, 2.75) is 13.0 Å². The molecule has 4 N–H and O–H groups in total. The van der Waals surface area contributed by atoms with Gasteiger partial charge in [-0.05, 0) is 6.92 Å². The summed E-state index contributed by atoms with van der Waals surface area (Å²) in [5.74, 6) is 1.38. The molecule has 2 aromatic heterocycles. The quantitative estimate of drug-likeness (QED) is 0.692. The highest BCUT2D eigenvalue weighted by atomic mass is 15.1. The first-order chi connectivity index (χ1) is 7.25. The van der Waals surface area contributed by atoms with Gasteiger partial charge in [-0.3, -0.25) is 0 Å². The number of hydrogen-bond acceptors (Lipinski definition) is 5. The lowest BCUT2D eigenvalue weighted by molar-refractivity contribution is 0.795. The molecule has 2 heterocycles. The molecule has 6 heteroatoms. The number of anilines is 2. The van der Waals surface area contributed by atoms with E-state index >= 15 is 0 Å². The molecule has 0 amide bonds. The monoisotopic (exact) mass is 204 g/mol. The molecule has 0 aliphatic carbocycles. The van der Waals surface area contributed by atoms with Gasteiger partial charge in [-0.25, -0.2) is 15.0 Å². The summed E-state index contributed by atoms with van der Waals surface area (Å²) in [7, 11) is 0. The molecule has 0 saturated heterocycles. The van der Waals surface area contributed by atoms with Crippen LogP contribution in [-0.2, 0) is 0 Å². The van der Waals surface area contributed by atoms with Crippen LogP contribution in [0.2, 0.25) is 0 Å². The fourth-order valence-electron chi connectivity index (χ4n) is 1.19. The predicted molar refractivity (Wildman–Crippen MR) is 57.1 cm³/mol. The molecule has 0 spiro atoms. The van der Waals surface area contributed by atoms with Crippen LogP contribution in [0.5, 0.6) is 0 Å². The number of hydrogen-bond donors (Lipinski definition) is 3. The fraction of sp³-hybridized carbons (Fsp3) is 0.222. The Labute approximate surface area is 87.0 Å². The second-order valence-electron chi connectivity index (χ2n) is 3.18. The molecule has 15 heavy (non-hydrogen) atoms. The van der Waals surface area contributed by atoms with Crippen LogP contribution >= 0.6 is 0 Å². The Kier molecular flexibility index (Phi) is 2.49. The summed E-state index contributed by atoms with van der Waals surface area (Å²) in [6, 6.07) is 0.0311. The van der Waals surface area contributed by atoms with Crippen LogP contribution in [-0.4, -0.2) is 19.9 Å². The molecule has 0 aromatic carbocycles. The molecule has 0 aliphatic rings. The van der Waals surface area contributed by atoms with Gasteiger partial charge in [-0.2, -0.15) is 0 Å². The molecule has 1 atom stereocenters. The van der Waals surface area contributed by atoms with Crippen LogP contribution in [0.25, 0.3) is 0 Å². The Balaban J connectivity index is 2.06. The van der Waals surface area contributed by atoms with Gasteiger partial charge in [-0.1, -0.05) is 0 Å². The van der Waals surface area contributed by atoms with Crippen molar-refractivity contribution in [1.82, 2.24) is 19.9 Å². The number of imidazole rings is 1. The van der Waals surface area contributed by atoms with Crippen molar-refractivity contribution in [2.75, 3.05) is 11.1 Å². The van der Waals surface area contributed by atoms with Gasteiger partial charge in [0, 0.05) is 12.4 Å². The molecule has 0 saturated carbocycles. The van der Waals surface area contributed by atoms with Gasteiger partial charge < -0.3 is 16.0 Å². The maximum absolute atomic E-state index is 5.48. The van der Waals surface area contributed by atoms with Crippen molar-refractivity contribution in [3.63, 3.8) is 0 Å². The largest absolute Gasteiger partial charge is 0.396 e. The van der Waals surface area contributed by atoms with Crippen molar-refractivity contribution in [3.05, 3.63) is 30.6 Å². The fourth-order valence-corrected chi connectivity index (χ4v) is 1.19. The Morgan fingerprint density at radius 1 is 1.33 bits per heavy atom. The van der Waals surface area contributed by atoms with Crippen LogP contribution in [0.15, 0.2) is 24.8 Å². The minimum Gasteiger partial charge on any atom is -0.396 e. The molecule has 0 fully saturated rings. The summed E-state index contributed by atoms with van der Waals surface area (Å²) in [6.45, 7) is 1.97.